The lowest BCUT2D eigenvalue weighted by Gasteiger charge is -2.11. The van der Waals surface area contributed by atoms with Crippen molar-refractivity contribution in [2.45, 2.75) is 32.5 Å². The Bertz CT molecular complexity index is 558. The van der Waals surface area contributed by atoms with E-state index in [0.717, 1.165) is 43.0 Å². The molecular formula is C15H18F3N3. The molecule has 1 aromatic carbocycles. The van der Waals surface area contributed by atoms with Crippen LogP contribution in [0.5, 0.6) is 0 Å². The third-order valence-electron chi connectivity index (χ3n) is 3.16. The lowest BCUT2D eigenvalue weighted by Crippen LogP contribution is -2.09. The van der Waals surface area contributed by atoms with Gasteiger partial charge >= 0.3 is 6.18 Å². The minimum Gasteiger partial charge on any atom is -0.356 e. The second-order valence-electron chi connectivity index (χ2n) is 4.85. The second kappa shape index (κ2) is 6.65. The smallest absolute Gasteiger partial charge is 0.356 e. The summed E-state index contributed by atoms with van der Waals surface area (Å²) >= 11 is 0. The van der Waals surface area contributed by atoms with E-state index in [0.29, 0.717) is 6.54 Å². The molecule has 0 aliphatic heterocycles. The van der Waals surface area contributed by atoms with Gasteiger partial charge in [0, 0.05) is 18.9 Å². The molecule has 114 valence electrons. The molecule has 0 unspecified atom stereocenters. The van der Waals surface area contributed by atoms with Crippen molar-refractivity contribution in [2.75, 3.05) is 11.9 Å². The van der Waals surface area contributed by atoms with Gasteiger partial charge < -0.3 is 9.88 Å². The van der Waals surface area contributed by atoms with E-state index in [1.807, 2.05) is 10.8 Å². The van der Waals surface area contributed by atoms with Gasteiger partial charge in [0.25, 0.3) is 0 Å². The fourth-order valence-corrected chi connectivity index (χ4v) is 1.98. The van der Waals surface area contributed by atoms with Crippen LogP contribution in [0.2, 0.25) is 0 Å². The maximum absolute atomic E-state index is 12.5. The summed E-state index contributed by atoms with van der Waals surface area (Å²) < 4.78 is 39.4. The number of unbranched alkanes of at least 4 members (excludes halogenated alkanes) is 1. The minimum absolute atomic E-state index is 0.493. The molecule has 0 saturated heterocycles. The Morgan fingerprint density at radius 3 is 2.52 bits per heavy atom. The van der Waals surface area contributed by atoms with E-state index in [2.05, 4.69) is 17.2 Å². The normalized spacial score (nSPS) is 11.6. The predicted octanol–water partition coefficient (Wildman–Crippen LogP) is 4.16. The van der Waals surface area contributed by atoms with E-state index in [-0.39, 0.29) is 0 Å². The first-order valence-corrected chi connectivity index (χ1v) is 6.92. The predicted molar refractivity (Wildman–Crippen MR) is 76.2 cm³/mol. The molecule has 3 nitrogen and oxygen atoms in total. The number of benzene rings is 1. The first-order chi connectivity index (χ1) is 10.0. The highest BCUT2D eigenvalue weighted by Crippen LogP contribution is 2.29. The van der Waals surface area contributed by atoms with Gasteiger partial charge in [0.15, 0.2) is 0 Å². The van der Waals surface area contributed by atoms with Crippen LogP contribution in [0.25, 0.3) is 0 Å². The van der Waals surface area contributed by atoms with Crippen LogP contribution in [0.4, 0.5) is 19.1 Å². The van der Waals surface area contributed by atoms with E-state index in [1.165, 1.54) is 12.1 Å². The van der Waals surface area contributed by atoms with E-state index in [4.69, 9.17) is 0 Å². The van der Waals surface area contributed by atoms with Crippen molar-refractivity contribution < 1.29 is 13.2 Å². The van der Waals surface area contributed by atoms with Gasteiger partial charge in [-0.3, -0.25) is 0 Å². The molecular weight excluding hydrogens is 279 g/mol. The van der Waals surface area contributed by atoms with Crippen LogP contribution in [-0.4, -0.2) is 16.1 Å². The number of anilines is 1. The molecule has 0 amide bonds. The zero-order valence-electron chi connectivity index (χ0n) is 11.8. The van der Waals surface area contributed by atoms with Gasteiger partial charge in [0.2, 0.25) is 5.95 Å². The highest BCUT2D eigenvalue weighted by molar-refractivity contribution is 5.29. The number of rotatable bonds is 6. The summed E-state index contributed by atoms with van der Waals surface area (Å²) in [7, 11) is 0. The van der Waals surface area contributed by atoms with Crippen molar-refractivity contribution in [1.82, 2.24) is 9.55 Å². The lowest BCUT2D eigenvalue weighted by molar-refractivity contribution is -0.137. The summed E-state index contributed by atoms with van der Waals surface area (Å²) in [5.41, 5.74) is 0.178. The molecule has 0 spiro atoms. The van der Waals surface area contributed by atoms with Crippen molar-refractivity contribution in [1.29, 1.82) is 0 Å². The fourth-order valence-electron chi connectivity index (χ4n) is 1.98. The molecule has 1 aromatic heterocycles. The first kappa shape index (κ1) is 15.4. The molecule has 0 aliphatic rings. The van der Waals surface area contributed by atoms with Crippen LogP contribution >= 0.6 is 0 Å². The van der Waals surface area contributed by atoms with E-state index in [9.17, 15) is 13.2 Å². The molecule has 2 rings (SSSR count). The Balaban J connectivity index is 2.03. The number of nitrogens with zero attached hydrogens (tertiary/aromatic N) is 2. The SMILES string of the molecule is CCCCNc1nccn1Cc1ccc(C(F)(F)F)cc1. The van der Waals surface area contributed by atoms with Gasteiger partial charge in [-0.15, -0.1) is 0 Å². The third kappa shape index (κ3) is 4.24. The van der Waals surface area contributed by atoms with Crippen LogP contribution in [0.15, 0.2) is 36.7 Å². The minimum atomic E-state index is -4.29. The van der Waals surface area contributed by atoms with Gasteiger partial charge in [-0.1, -0.05) is 25.5 Å². The molecule has 2 aromatic rings. The topological polar surface area (TPSA) is 29.9 Å². The van der Waals surface area contributed by atoms with Crippen LogP contribution < -0.4 is 5.32 Å². The molecule has 0 saturated carbocycles. The van der Waals surface area contributed by atoms with E-state index in [1.54, 1.807) is 6.20 Å². The number of nitrogens with one attached hydrogen (secondary N) is 1. The molecule has 0 fully saturated rings. The van der Waals surface area contributed by atoms with Crippen molar-refractivity contribution >= 4 is 5.95 Å². The van der Waals surface area contributed by atoms with Crippen LogP contribution in [-0.2, 0) is 12.7 Å². The van der Waals surface area contributed by atoms with Gasteiger partial charge in [-0.2, -0.15) is 13.2 Å². The average molecular weight is 297 g/mol. The number of alkyl halides is 3. The number of halogens is 3. The summed E-state index contributed by atoms with van der Waals surface area (Å²) in [5.74, 6) is 0.739. The number of imidazole rings is 1. The second-order valence-corrected chi connectivity index (χ2v) is 4.85. The van der Waals surface area contributed by atoms with E-state index >= 15 is 0 Å². The summed E-state index contributed by atoms with van der Waals surface area (Å²) in [6.07, 6.45) is 1.34. The Labute approximate surface area is 121 Å². The van der Waals surface area contributed by atoms with Crippen molar-refractivity contribution in [2.24, 2.45) is 0 Å². The van der Waals surface area contributed by atoms with E-state index < -0.39 is 11.7 Å². The maximum Gasteiger partial charge on any atom is 0.416 e. The fraction of sp³-hybridized carbons (Fsp3) is 0.400. The van der Waals surface area contributed by atoms with Crippen LogP contribution in [0.1, 0.15) is 30.9 Å². The zero-order valence-corrected chi connectivity index (χ0v) is 11.8. The summed E-state index contributed by atoms with van der Waals surface area (Å²) in [5, 5.41) is 3.22. The molecule has 0 radical (unpaired) electrons. The first-order valence-electron chi connectivity index (χ1n) is 6.92. The molecule has 0 atom stereocenters. The molecule has 1 heterocycles. The van der Waals surface area contributed by atoms with Crippen molar-refractivity contribution in [3.63, 3.8) is 0 Å². The lowest BCUT2D eigenvalue weighted by atomic mass is 10.1. The molecule has 0 aliphatic carbocycles. The Kier molecular flexibility index (Phi) is 4.88. The van der Waals surface area contributed by atoms with Gasteiger partial charge in [0.05, 0.1) is 12.1 Å². The van der Waals surface area contributed by atoms with Crippen molar-refractivity contribution in [3.8, 4) is 0 Å². The molecule has 0 bridgehead atoms. The van der Waals surface area contributed by atoms with Gasteiger partial charge in [0.1, 0.15) is 0 Å². The zero-order chi connectivity index (χ0) is 15.3. The number of hydrogen-bond donors (Lipinski definition) is 1. The van der Waals surface area contributed by atoms with Gasteiger partial charge in [-0.05, 0) is 24.1 Å². The monoisotopic (exact) mass is 297 g/mol. The summed E-state index contributed by atoms with van der Waals surface area (Å²) in [6.45, 7) is 3.43. The quantitative estimate of drug-likeness (QED) is 0.811. The highest BCUT2D eigenvalue weighted by Gasteiger charge is 2.29. The number of hydrogen-bond acceptors (Lipinski definition) is 2. The Morgan fingerprint density at radius 1 is 1.19 bits per heavy atom. The standard InChI is InChI=1S/C15H18F3N3/c1-2-3-8-19-14-20-9-10-21(14)11-12-4-6-13(7-5-12)15(16,17)18/h4-7,9-10H,2-3,8,11H2,1H3,(H,19,20). The summed E-state index contributed by atoms with van der Waals surface area (Å²) in [6, 6.07) is 5.21. The number of aromatic nitrogens is 2. The summed E-state index contributed by atoms with van der Waals surface area (Å²) in [4.78, 5) is 4.21. The third-order valence-corrected chi connectivity index (χ3v) is 3.16. The Hall–Kier alpha value is -1.98. The highest BCUT2D eigenvalue weighted by atomic mass is 19.4. The largest absolute Gasteiger partial charge is 0.416 e. The molecule has 6 heteroatoms. The van der Waals surface area contributed by atoms with Gasteiger partial charge in [-0.25, -0.2) is 4.98 Å². The van der Waals surface area contributed by atoms with Crippen LogP contribution in [0.3, 0.4) is 0 Å². The van der Waals surface area contributed by atoms with Crippen molar-refractivity contribution in [3.05, 3.63) is 47.8 Å². The Morgan fingerprint density at radius 2 is 1.90 bits per heavy atom. The van der Waals surface area contributed by atoms with Crippen LogP contribution in [0, 0.1) is 0 Å². The average Bonchev–Trinajstić information content (AvgIpc) is 2.86. The maximum atomic E-state index is 12.5. The molecule has 21 heavy (non-hydrogen) atoms. The molecule has 1 N–H and O–H groups in total.